The lowest BCUT2D eigenvalue weighted by Gasteiger charge is -2.28. The van der Waals surface area contributed by atoms with Gasteiger partial charge in [0.25, 0.3) is 10.0 Å². The van der Waals surface area contributed by atoms with Crippen LogP contribution in [0.2, 0.25) is 0 Å². The maximum atomic E-state index is 13.2. The van der Waals surface area contributed by atoms with Crippen molar-refractivity contribution in [2.75, 3.05) is 10.9 Å². The number of sulfonamides is 1. The molecule has 0 aliphatic carbocycles. The van der Waals surface area contributed by atoms with Gasteiger partial charge in [0.1, 0.15) is 0 Å². The molecule has 0 saturated carbocycles. The van der Waals surface area contributed by atoms with Gasteiger partial charge in [0.2, 0.25) is 0 Å². The van der Waals surface area contributed by atoms with Gasteiger partial charge in [0.05, 0.1) is 23.2 Å². The molecule has 2 unspecified atom stereocenters. The van der Waals surface area contributed by atoms with E-state index < -0.39 is 10.0 Å². The molecule has 1 aliphatic heterocycles. The Balaban J connectivity index is 2.15. The van der Waals surface area contributed by atoms with Gasteiger partial charge in [-0.25, -0.2) is 8.42 Å². The van der Waals surface area contributed by atoms with E-state index in [2.05, 4.69) is 0 Å². The molecule has 1 aliphatic rings. The highest BCUT2D eigenvalue weighted by Gasteiger charge is 2.43. The number of nitrogens with zero attached hydrogens (tertiary/aromatic N) is 1. The highest BCUT2D eigenvalue weighted by molar-refractivity contribution is 7.92. The zero-order valence-corrected chi connectivity index (χ0v) is 14.1. The molecule has 0 fully saturated rings. The minimum absolute atomic E-state index is 0.0601. The van der Waals surface area contributed by atoms with Crippen molar-refractivity contribution in [1.82, 2.24) is 0 Å². The maximum absolute atomic E-state index is 13.2. The van der Waals surface area contributed by atoms with Crippen molar-refractivity contribution < 1.29 is 13.5 Å². The highest BCUT2D eigenvalue weighted by Crippen LogP contribution is 2.44. The number of benzene rings is 2. The second kappa shape index (κ2) is 5.98. The number of para-hydroxylation sites is 1. The summed E-state index contributed by atoms with van der Waals surface area (Å²) in [6, 6.07) is 14.1. The highest BCUT2D eigenvalue weighted by atomic mass is 32.2. The van der Waals surface area contributed by atoms with Crippen molar-refractivity contribution in [3.63, 3.8) is 0 Å². The standard InChI is InChI=1S/C18H21NO3S/c1-3-17-16(12-20)15-6-4-5-7-18(15)19(17)23(21,22)14-10-8-13(2)9-11-14/h4-11,16-17,20H,3,12H2,1-2H3. The Morgan fingerprint density at radius 2 is 1.74 bits per heavy atom. The van der Waals surface area contributed by atoms with Crippen molar-refractivity contribution >= 4 is 15.7 Å². The van der Waals surface area contributed by atoms with Gasteiger partial charge >= 0.3 is 0 Å². The average Bonchev–Trinajstić information content (AvgIpc) is 2.89. The summed E-state index contributed by atoms with van der Waals surface area (Å²) < 4.78 is 27.9. The van der Waals surface area contributed by atoms with Gasteiger partial charge in [0, 0.05) is 5.92 Å². The van der Waals surface area contributed by atoms with Crippen LogP contribution in [0.3, 0.4) is 0 Å². The summed E-state index contributed by atoms with van der Waals surface area (Å²) in [5.41, 5.74) is 2.60. The molecule has 122 valence electrons. The van der Waals surface area contributed by atoms with Gasteiger partial charge in [-0.2, -0.15) is 0 Å². The molecule has 0 spiro atoms. The van der Waals surface area contributed by atoms with E-state index in [1.807, 2.05) is 38.1 Å². The van der Waals surface area contributed by atoms with Crippen molar-refractivity contribution in [3.8, 4) is 0 Å². The summed E-state index contributed by atoms with van der Waals surface area (Å²) in [5, 5.41) is 9.78. The van der Waals surface area contributed by atoms with E-state index in [4.69, 9.17) is 0 Å². The van der Waals surface area contributed by atoms with Crippen LogP contribution in [0.15, 0.2) is 53.4 Å². The zero-order valence-electron chi connectivity index (χ0n) is 13.3. The SMILES string of the molecule is CCC1C(CO)c2ccccc2N1S(=O)(=O)c1ccc(C)cc1. The number of hydrogen-bond acceptors (Lipinski definition) is 3. The Hall–Kier alpha value is -1.85. The molecule has 0 aromatic heterocycles. The minimum atomic E-state index is -3.65. The van der Waals surface area contributed by atoms with Crippen molar-refractivity contribution in [3.05, 3.63) is 59.7 Å². The monoisotopic (exact) mass is 331 g/mol. The zero-order chi connectivity index (χ0) is 16.6. The minimum Gasteiger partial charge on any atom is -0.396 e. The van der Waals surface area contributed by atoms with Gasteiger partial charge in [-0.05, 0) is 37.1 Å². The summed E-state index contributed by atoms with van der Waals surface area (Å²) in [7, 11) is -3.65. The van der Waals surface area contributed by atoms with Crippen LogP contribution in [0.1, 0.15) is 30.4 Å². The number of aliphatic hydroxyl groups is 1. The van der Waals surface area contributed by atoms with E-state index in [0.717, 1.165) is 11.1 Å². The molecular weight excluding hydrogens is 310 g/mol. The average molecular weight is 331 g/mol. The first kappa shape index (κ1) is 16.0. The molecule has 5 heteroatoms. The van der Waals surface area contributed by atoms with Crippen LogP contribution in [0.4, 0.5) is 5.69 Å². The van der Waals surface area contributed by atoms with E-state index in [1.54, 1.807) is 24.3 Å². The largest absolute Gasteiger partial charge is 0.396 e. The predicted molar refractivity (Wildman–Crippen MR) is 91.2 cm³/mol. The molecule has 23 heavy (non-hydrogen) atoms. The van der Waals surface area contributed by atoms with E-state index in [1.165, 1.54) is 4.31 Å². The van der Waals surface area contributed by atoms with Gasteiger partial charge in [0.15, 0.2) is 0 Å². The molecule has 0 amide bonds. The Bertz CT molecular complexity index is 799. The number of aliphatic hydroxyl groups excluding tert-OH is 1. The quantitative estimate of drug-likeness (QED) is 0.937. The smallest absolute Gasteiger partial charge is 0.264 e. The lowest BCUT2D eigenvalue weighted by molar-refractivity contribution is 0.253. The second-order valence-corrected chi connectivity index (χ2v) is 7.75. The van der Waals surface area contributed by atoms with Crippen molar-refractivity contribution in [2.24, 2.45) is 0 Å². The molecule has 4 nitrogen and oxygen atoms in total. The first-order valence-electron chi connectivity index (χ1n) is 7.81. The Kier molecular flexibility index (Phi) is 4.17. The molecule has 1 heterocycles. The van der Waals surface area contributed by atoms with Crippen LogP contribution in [0, 0.1) is 6.92 Å². The third-order valence-corrected chi connectivity index (χ3v) is 6.39. The molecule has 3 rings (SSSR count). The molecule has 0 bridgehead atoms. The molecular formula is C18H21NO3S. The van der Waals surface area contributed by atoms with Crippen LogP contribution < -0.4 is 4.31 Å². The van der Waals surface area contributed by atoms with Crippen molar-refractivity contribution in [2.45, 2.75) is 37.1 Å². The van der Waals surface area contributed by atoms with Gasteiger partial charge in [-0.1, -0.05) is 42.8 Å². The predicted octanol–water partition coefficient (Wildman–Crippen LogP) is 3.06. The molecule has 2 aromatic carbocycles. The van der Waals surface area contributed by atoms with E-state index in [0.29, 0.717) is 12.1 Å². The van der Waals surface area contributed by atoms with Crippen LogP contribution in [-0.4, -0.2) is 26.2 Å². The van der Waals surface area contributed by atoms with E-state index >= 15 is 0 Å². The summed E-state index contributed by atoms with van der Waals surface area (Å²) in [6.07, 6.45) is 0.644. The van der Waals surface area contributed by atoms with Gasteiger partial charge in [-0.3, -0.25) is 4.31 Å². The topological polar surface area (TPSA) is 57.6 Å². The molecule has 2 aromatic rings. The third-order valence-electron chi connectivity index (χ3n) is 4.53. The Morgan fingerprint density at radius 3 is 2.35 bits per heavy atom. The van der Waals surface area contributed by atoms with E-state index in [9.17, 15) is 13.5 Å². The summed E-state index contributed by atoms with van der Waals surface area (Å²) in [6.45, 7) is 3.82. The fraction of sp³-hybridized carbons (Fsp3) is 0.333. The Labute approximate surface area is 137 Å². The van der Waals surface area contributed by atoms with Gasteiger partial charge in [-0.15, -0.1) is 0 Å². The van der Waals surface area contributed by atoms with Crippen LogP contribution in [0.5, 0.6) is 0 Å². The number of hydrogen-bond donors (Lipinski definition) is 1. The molecule has 1 N–H and O–H groups in total. The lowest BCUT2D eigenvalue weighted by atomic mass is 9.95. The van der Waals surface area contributed by atoms with Crippen LogP contribution in [-0.2, 0) is 10.0 Å². The Morgan fingerprint density at radius 1 is 1.09 bits per heavy atom. The van der Waals surface area contributed by atoms with Gasteiger partial charge < -0.3 is 5.11 Å². The normalized spacial score (nSPS) is 20.6. The second-order valence-electron chi connectivity index (χ2n) is 5.94. The fourth-order valence-electron chi connectivity index (χ4n) is 3.35. The lowest BCUT2D eigenvalue weighted by Crippen LogP contribution is -2.39. The number of fused-ring (bicyclic) bond motifs is 1. The molecule has 0 radical (unpaired) electrons. The molecule has 0 saturated heterocycles. The fourth-order valence-corrected chi connectivity index (χ4v) is 5.14. The van der Waals surface area contributed by atoms with Crippen molar-refractivity contribution in [1.29, 1.82) is 0 Å². The first-order valence-corrected chi connectivity index (χ1v) is 9.25. The number of anilines is 1. The number of aryl methyl sites for hydroxylation is 1. The summed E-state index contributed by atoms with van der Waals surface area (Å²) in [4.78, 5) is 0.287. The van der Waals surface area contributed by atoms with E-state index in [-0.39, 0.29) is 23.5 Å². The molecule has 2 atom stereocenters. The summed E-state index contributed by atoms with van der Waals surface area (Å²) >= 11 is 0. The van der Waals surface area contributed by atoms with Crippen LogP contribution in [0.25, 0.3) is 0 Å². The maximum Gasteiger partial charge on any atom is 0.264 e. The van der Waals surface area contributed by atoms with Crippen LogP contribution >= 0.6 is 0 Å². The summed E-state index contributed by atoms with van der Waals surface area (Å²) in [5.74, 6) is -0.184. The first-order chi connectivity index (χ1) is 11.0. The third kappa shape index (κ3) is 2.54. The number of rotatable bonds is 4.